The van der Waals surface area contributed by atoms with E-state index < -0.39 is 6.29 Å². The summed E-state index contributed by atoms with van der Waals surface area (Å²) in [5.41, 5.74) is 0. The number of ether oxygens (including phenoxy) is 2. The van der Waals surface area contributed by atoms with Crippen molar-refractivity contribution in [3.8, 4) is 0 Å². The third-order valence-electron chi connectivity index (χ3n) is 2.45. The Hall–Kier alpha value is -0.850. The van der Waals surface area contributed by atoms with Gasteiger partial charge in [-0.25, -0.2) is 0 Å². The minimum Gasteiger partial charge on any atom is -0.356 e. The van der Waals surface area contributed by atoms with Gasteiger partial charge in [0, 0.05) is 6.54 Å². The van der Waals surface area contributed by atoms with E-state index in [9.17, 15) is 9.59 Å². The lowest BCUT2D eigenvalue weighted by atomic mass is 10.1. The minimum absolute atomic E-state index is 0.0363. The Balaban J connectivity index is 2.29. The van der Waals surface area contributed by atoms with Crippen molar-refractivity contribution in [3.63, 3.8) is 0 Å². The van der Waals surface area contributed by atoms with Gasteiger partial charge in [0.05, 0.1) is 25.6 Å². The van der Waals surface area contributed by atoms with E-state index in [1.165, 1.54) is 17.8 Å². The third kappa shape index (κ3) is 5.20. The van der Waals surface area contributed by atoms with Crippen molar-refractivity contribution in [3.05, 3.63) is 11.5 Å². The van der Waals surface area contributed by atoms with Gasteiger partial charge in [-0.1, -0.05) is 0 Å². The molecule has 1 heterocycles. The second-order valence-electron chi connectivity index (χ2n) is 3.90. The molecule has 0 spiro atoms. The quantitative estimate of drug-likeness (QED) is 0.730. The number of amides is 1. The molecule has 5 nitrogen and oxygen atoms in total. The Morgan fingerprint density at radius 3 is 2.61 bits per heavy atom. The molecule has 1 saturated heterocycles. The van der Waals surface area contributed by atoms with Gasteiger partial charge in [-0.15, -0.1) is 11.8 Å². The van der Waals surface area contributed by atoms with E-state index in [4.69, 9.17) is 9.47 Å². The van der Waals surface area contributed by atoms with E-state index in [1.54, 1.807) is 5.41 Å². The molecule has 0 radical (unpaired) electrons. The lowest BCUT2D eigenvalue weighted by Crippen LogP contribution is -2.42. The van der Waals surface area contributed by atoms with Crippen LogP contribution < -0.4 is 5.32 Å². The van der Waals surface area contributed by atoms with Gasteiger partial charge in [-0.3, -0.25) is 9.59 Å². The monoisotopic (exact) mass is 273 g/mol. The van der Waals surface area contributed by atoms with Crippen LogP contribution >= 0.6 is 11.8 Å². The molecule has 0 unspecified atom stereocenters. The minimum atomic E-state index is -0.533. The van der Waals surface area contributed by atoms with Crippen LogP contribution in [-0.4, -0.2) is 44.0 Å². The summed E-state index contributed by atoms with van der Waals surface area (Å²) in [6.07, 6.45) is 3.05. The Bertz CT molecular complexity index is 311. The number of ketones is 1. The first kappa shape index (κ1) is 15.2. The van der Waals surface area contributed by atoms with E-state index in [-0.39, 0.29) is 24.0 Å². The number of hydrogen-bond acceptors (Lipinski definition) is 5. The summed E-state index contributed by atoms with van der Waals surface area (Å²) in [5.74, 6) is -0.381. The molecule has 1 aliphatic heterocycles. The van der Waals surface area contributed by atoms with Crippen molar-refractivity contribution in [1.82, 2.24) is 5.32 Å². The summed E-state index contributed by atoms with van der Waals surface area (Å²) in [4.78, 5) is 23.0. The van der Waals surface area contributed by atoms with Crippen molar-refractivity contribution in [2.75, 3.05) is 26.0 Å². The lowest BCUT2D eigenvalue weighted by molar-refractivity contribution is -0.202. The average Bonchev–Trinajstić information content (AvgIpc) is 2.37. The zero-order valence-electron chi connectivity index (χ0n) is 10.7. The Kier molecular flexibility index (Phi) is 7.00. The number of hydrogen-bond donors (Lipinski definition) is 1. The van der Waals surface area contributed by atoms with Crippen molar-refractivity contribution in [2.45, 2.75) is 19.6 Å². The highest BCUT2D eigenvalue weighted by molar-refractivity contribution is 8.01. The van der Waals surface area contributed by atoms with Crippen LogP contribution in [0.5, 0.6) is 0 Å². The largest absolute Gasteiger partial charge is 0.356 e. The zero-order chi connectivity index (χ0) is 13.4. The molecule has 1 aliphatic rings. The van der Waals surface area contributed by atoms with Crippen LogP contribution in [0, 0.1) is 5.92 Å². The van der Waals surface area contributed by atoms with Gasteiger partial charge in [0.15, 0.2) is 12.1 Å². The van der Waals surface area contributed by atoms with E-state index >= 15 is 0 Å². The fourth-order valence-corrected chi connectivity index (χ4v) is 1.80. The molecule has 0 saturated carbocycles. The first-order valence-electron chi connectivity index (χ1n) is 5.90. The maximum Gasteiger partial charge on any atom is 0.227 e. The van der Waals surface area contributed by atoms with E-state index in [1.807, 2.05) is 13.2 Å². The van der Waals surface area contributed by atoms with Crippen LogP contribution in [0.4, 0.5) is 0 Å². The molecule has 0 aromatic heterocycles. The predicted octanol–water partition coefficient (Wildman–Crippen LogP) is 0.947. The summed E-state index contributed by atoms with van der Waals surface area (Å²) in [6, 6.07) is 0. The number of allylic oxidation sites excluding steroid dienone is 1. The second kappa shape index (κ2) is 8.29. The van der Waals surface area contributed by atoms with Crippen LogP contribution in [0.25, 0.3) is 0 Å². The Morgan fingerprint density at radius 1 is 1.39 bits per heavy atom. The van der Waals surface area contributed by atoms with Crippen LogP contribution in [0.15, 0.2) is 11.5 Å². The topological polar surface area (TPSA) is 64.6 Å². The van der Waals surface area contributed by atoms with Crippen molar-refractivity contribution >= 4 is 23.5 Å². The fraction of sp³-hybridized carbons (Fsp3) is 0.667. The van der Waals surface area contributed by atoms with Crippen LogP contribution in [-0.2, 0) is 19.1 Å². The smallest absolute Gasteiger partial charge is 0.227 e. The average molecular weight is 273 g/mol. The highest BCUT2D eigenvalue weighted by Gasteiger charge is 2.27. The Labute approximate surface area is 111 Å². The van der Waals surface area contributed by atoms with Gasteiger partial charge < -0.3 is 14.8 Å². The van der Waals surface area contributed by atoms with Gasteiger partial charge in [0.2, 0.25) is 5.91 Å². The molecule has 18 heavy (non-hydrogen) atoms. The fourth-order valence-electron chi connectivity index (χ4n) is 1.51. The van der Waals surface area contributed by atoms with Gasteiger partial charge >= 0.3 is 0 Å². The van der Waals surface area contributed by atoms with Gasteiger partial charge in [-0.2, -0.15) is 0 Å². The molecular formula is C12H19NO4S. The molecule has 0 atom stereocenters. The van der Waals surface area contributed by atoms with Gasteiger partial charge in [0.1, 0.15) is 0 Å². The molecule has 102 valence electrons. The molecule has 0 aromatic rings. The summed E-state index contributed by atoms with van der Waals surface area (Å²) in [5, 5.41) is 4.44. The number of carbonyl (C=O) groups excluding carboxylic acids is 2. The van der Waals surface area contributed by atoms with E-state index in [0.29, 0.717) is 19.8 Å². The number of nitrogens with one attached hydrogen (secondary N) is 1. The molecule has 6 heteroatoms. The summed E-state index contributed by atoms with van der Waals surface area (Å²) in [7, 11) is 0. The van der Waals surface area contributed by atoms with E-state index in [2.05, 4.69) is 5.32 Å². The third-order valence-corrected chi connectivity index (χ3v) is 2.85. The standard InChI is InChI=1S/C12H19NO4S/c1-3-13-12(15)9-7-16-11(17-8-9)6-10(14)4-5-18-2/h4-5,9,11H,3,6-8H2,1-2H3,(H,13,15). The highest BCUT2D eigenvalue weighted by atomic mass is 32.2. The summed E-state index contributed by atoms with van der Waals surface area (Å²) < 4.78 is 10.7. The van der Waals surface area contributed by atoms with Crippen LogP contribution in [0.1, 0.15) is 13.3 Å². The first-order chi connectivity index (χ1) is 8.67. The number of thioether (sulfide) groups is 1. The molecule has 0 bridgehead atoms. The molecule has 1 N–H and O–H groups in total. The van der Waals surface area contributed by atoms with Crippen molar-refractivity contribution < 1.29 is 19.1 Å². The van der Waals surface area contributed by atoms with Crippen molar-refractivity contribution in [1.29, 1.82) is 0 Å². The molecule has 1 fully saturated rings. The highest BCUT2D eigenvalue weighted by Crippen LogP contribution is 2.14. The summed E-state index contributed by atoms with van der Waals surface area (Å²) in [6.45, 7) is 3.06. The second-order valence-corrected chi connectivity index (χ2v) is 4.64. The Morgan fingerprint density at radius 2 is 2.06 bits per heavy atom. The molecule has 1 amide bonds. The maximum atomic E-state index is 11.5. The predicted molar refractivity (Wildman–Crippen MR) is 70.1 cm³/mol. The van der Waals surface area contributed by atoms with Gasteiger partial charge in [-0.05, 0) is 24.7 Å². The van der Waals surface area contributed by atoms with Crippen molar-refractivity contribution in [2.24, 2.45) is 5.92 Å². The molecular weight excluding hydrogens is 254 g/mol. The molecule has 1 rings (SSSR count). The molecule has 0 aliphatic carbocycles. The zero-order valence-corrected chi connectivity index (χ0v) is 11.5. The van der Waals surface area contributed by atoms with Gasteiger partial charge in [0.25, 0.3) is 0 Å². The SMILES string of the molecule is CCNC(=O)C1COC(CC(=O)C=CSC)OC1. The molecule has 0 aromatic carbocycles. The first-order valence-corrected chi connectivity index (χ1v) is 7.19. The number of rotatable bonds is 6. The van der Waals surface area contributed by atoms with E-state index in [0.717, 1.165) is 0 Å². The van der Waals surface area contributed by atoms with Crippen LogP contribution in [0.3, 0.4) is 0 Å². The maximum absolute atomic E-state index is 11.5. The number of carbonyl (C=O) groups is 2. The normalized spacial score (nSPS) is 24.1. The van der Waals surface area contributed by atoms with Crippen LogP contribution in [0.2, 0.25) is 0 Å². The lowest BCUT2D eigenvalue weighted by Gasteiger charge is -2.28. The summed E-state index contributed by atoms with van der Waals surface area (Å²) >= 11 is 1.47.